The van der Waals surface area contributed by atoms with E-state index in [1.54, 1.807) is 37.2 Å². The fourth-order valence-electron chi connectivity index (χ4n) is 2.84. The van der Waals surface area contributed by atoms with Crippen LogP contribution in [0.1, 0.15) is 40.7 Å². The first-order valence-electron chi connectivity index (χ1n) is 10.1. The normalized spacial score (nSPS) is 11.4. The monoisotopic (exact) mass is 420 g/mol. The lowest BCUT2D eigenvalue weighted by Gasteiger charge is -2.08. The summed E-state index contributed by atoms with van der Waals surface area (Å²) in [4.78, 5) is 42.0. The van der Waals surface area contributed by atoms with Crippen LogP contribution in [0.4, 0.5) is 0 Å². The van der Waals surface area contributed by atoms with E-state index in [0.29, 0.717) is 12.0 Å². The molecule has 0 aliphatic heterocycles. The molecule has 6 heteroatoms. The lowest BCUT2D eigenvalue weighted by molar-refractivity contribution is -0.133. The number of aliphatic imine (C=N–C) groups is 1. The minimum absolute atomic E-state index is 0.0604. The number of benzene rings is 2. The van der Waals surface area contributed by atoms with Crippen molar-refractivity contribution in [1.29, 1.82) is 0 Å². The number of amides is 2. The fraction of sp³-hybridized carbons (Fsp3) is 0.280. The molecule has 162 valence electrons. The first-order valence-corrected chi connectivity index (χ1v) is 10.1. The van der Waals surface area contributed by atoms with Gasteiger partial charge in [0.25, 0.3) is 5.91 Å². The Balaban J connectivity index is 2.07. The van der Waals surface area contributed by atoms with E-state index in [-0.39, 0.29) is 18.0 Å². The van der Waals surface area contributed by atoms with Crippen molar-refractivity contribution in [3.63, 3.8) is 0 Å². The van der Waals surface area contributed by atoms with Crippen LogP contribution in [-0.2, 0) is 20.7 Å². The molecule has 0 N–H and O–H groups in total. The first kappa shape index (κ1) is 23.7. The smallest absolute Gasteiger partial charge is 0.352 e. The van der Waals surface area contributed by atoms with Crippen molar-refractivity contribution in [3.8, 4) is 0 Å². The van der Waals surface area contributed by atoms with Crippen LogP contribution in [0, 0.1) is 0 Å². The average molecular weight is 421 g/mol. The second-order valence-electron chi connectivity index (χ2n) is 7.23. The lowest BCUT2D eigenvalue weighted by Crippen LogP contribution is -2.20. The van der Waals surface area contributed by atoms with Crippen LogP contribution in [0.25, 0.3) is 6.08 Å². The van der Waals surface area contributed by atoms with Crippen molar-refractivity contribution in [2.24, 2.45) is 4.99 Å². The van der Waals surface area contributed by atoms with Gasteiger partial charge in [-0.1, -0.05) is 54.6 Å². The second-order valence-corrected chi connectivity index (χ2v) is 7.23. The summed E-state index contributed by atoms with van der Waals surface area (Å²) in [7, 11) is 4.76. The highest BCUT2D eigenvalue weighted by atomic mass is 16.5. The molecule has 2 aromatic rings. The van der Waals surface area contributed by atoms with Crippen molar-refractivity contribution in [1.82, 2.24) is 4.90 Å². The van der Waals surface area contributed by atoms with Crippen LogP contribution in [0.15, 0.2) is 65.7 Å². The highest BCUT2D eigenvalue weighted by Crippen LogP contribution is 2.11. The topological polar surface area (TPSA) is 76.0 Å². The highest BCUT2D eigenvalue weighted by Gasteiger charge is 2.16. The molecular weight excluding hydrogens is 392 g/mol. The molecule has 0 aliphatic rings. The summed E-state index contributed by atoms with van der Waals surface area (Å²) in [5.41, 5.74) is 2.16. The fourth-order valence-corrected chi connectivity index (χ4v) is 2.84. The second kappa shape index (κ2) is 12.2. The molecule has 0 fully saturated rings. The Morgan fingerprint density at radius 1 is 1.03 bits per heavy atom. The molecule has 2 aromatic carbocycles. The Morgan fingerprint density at radius 3 is 2.45 bits per heavy atom. The third-order valence-electron chi connectivity index (χ3n) is 4.58. The van der Waals surface area contributed by atoms with E-state index in [4.69, 9.17) is 4.74 Å². The van der Waals surface area contributed by atoms with Crippen LogP contribution < -0.4 is 0 Å². The van der Waals surface area contributed by atoms with Crippen LogP contribution in [0.5, 0.6) is 0 Å². The molecule has 0 aromatic heterocycles. The molecule has 0 saturated carbocycles. The molecule has 0 atom stereocenters. The van der Waals surface area contributed by atoms with E-state index < -0.39 is 11.9 Å². The number of carbonyl (C=O) groups excluding carboxylic acids is 3. The quantitative estimate of drug-likeness (QED) is 0.350. The molecule has 2 amide bonds. The van der Waals surface area contributed by atoms with Gasteiger partial charge < -0.3 is 9.64 Å². The molecule has 0 aliphatic carbocycles. The van der Waals surface area contributed by atoms with Gasteiger partial charge in [0.1, 0.15) is 5.71 Å². The number of ether oxygens (including phenoxy) is 1. The van der Waals surface area contributed by atoms with Gasteiger partial charge in [-0.2, -0.15) is 0 Å². The summed E-state index contributed by atoms with van der Waals surface area (Å²) in [6.45, 7) is 0. The van der Waals surface area contributed by atoms with Crippen molar-refractivity contribution in [3.05, 3.63) is 77.4 Å². The average Bonchev–Trinajstić information content (AvgIpc) is 2.78. The molecule has 0 bridgehead atoms. The van der Waals surface area contributed by atoms with E-state index in [1.165, 1.54) is 7.11 Å². The molecule has 0 unspecified atom stereocenters. The number of unbranched alkanes of at least 4 members (excludes halogenated alkanes) is 1. The molecule has 2 rings (SSSR count). The van der Waals surface area contributed by atoms with Gasteiger partial charge in [-0.25, -0.2) is 9.79 Å². The molecule has 0 spiro atoms. The number of rotatable bonds is 9. The van der Waals surface area contributed by atoms with Crippen LogP contribution in [-0.4, -0.2) is 49.6 Å². The zero-order valence-electron chi connectivity index (χ0n) is 18.2. The SMILES string of the molecule is COC(=O)C(Cc1ccccc1)=NC(=O)c1cccc(/C=C\CCCC(=O)N(C)C)c1. The zero-order chi connectivity index (χ0) is 22.6. The van der Waals surface area contributed by atoms with E-state index in [9.17, 15) is 14.4 Å². The number of hydrogen-bond donors (Lipinski definition) is 0. The van der Waals surface area contributed by atoms with Crippen LogP contribution >= 0.6 is 0 Å². The molecule has 0 heterocycles. The predicted octanol–water partition coefficient (Wildman–Crippen LogP) is 3.96. The number of carbonyl (C=O) groups is 3. The minimum Gasteiger partial charge on any atom is -0.465 e. The Hall–Kier alpha value is -3.54. The van der Waals surface area contributed by atoms with E-state index in [2.05, 4.69) is 4.99 Å². The Morgan fingerprint density at radius 2 is 1.77 bits per heavy atom. The summed E-state index contributed by atoms with van der Waals surface area (Å²) in [5.74, 6) is -1.01. The molecule has 6 nitrogen and oxygen atoms in total. The summed E-state index contributed by atoms with van der Waals surface area (Å²) < 4.78 is 4.79. The third-order valence-corrected chi connectivity index (χ3v) is 4.58. The van der Waals surface area contributed by atoms with Gasteiger partial charge in [0, 0.05) is 32.5 Å². The van der Waals surface area contributed by atoms with Gasteiger partial charge in [0.2, 0.25) is 5.91 Å². The maximum absolute atomic E-state index is 12.7. The molecule has 31 heavy (non-hydrogen) atoms. The van der Waals surface area contributed by atoms with Gasteiger partial charge >= 0.3 is 5.97 Å². The highest BCUT2D eigenvalue weighted by molar-refractivity contribution is 6.39. The summed E-state index contributed by atoms with van der Waals surface area (Å²) in [6, 6.07) is 16.4. The third kappa shape index (κ3) is 8.01. The zero-order valence-corrected chi connectivity index (χ0v) is 18.2. The number of nitrogens with zero attached hydrogens (tertiary/aromatic N) is 2. The van der Waals surface area contributed by atoms with E-state index in [1.807, 2.05) is 48.6 Å². The van der Waals surface area contributed by atoms with Gasteiger partial charge in [-0.3, -0.25) is 9.59 Å². The standard InChI is InChI=1S/C25H28N2O4/c1-27(2)23(28)16-9-5-8-11-19-14-10-15-21(17-19)24(29)26-22(25(30)31-3)18-20-12-6-4-7-13-20/h4,6-8,10-15,17H,5,9,16,18H2,1-3H3/b11-8-,26-22?. The van der Waals surface area contributed by atoms with Gasteiger partial charge in [0.05, 0.1) is 7.11 Å². The number of methoxy groups -OCH3 is 1. The van der Waals surface area contributed by atoms with Gasteiger partial charge in [-0.05, 0) is 36.1 Å². The number of hydrogen-bond acceptors (Lipinski definition) is 4. The largest absolute Gasteiger partial charge is 0.465 e. The van der Waals surface area contributed by atoms with E-state index >= 15 is 0 Å². The summed E-state index contributed by atoms with van der Waals surface area (Å²) in [6.07, 6.45) is 6.13. The van der Waals surface area contributed by atoms with E-state index in [0.717, 1.165) is 24.0 Å². The summed E-state index contributed by atoms with van der Waals surface area (Å²) >= 11 is 0. The maximum atomic E-state index is 12.7. The van der Waals surface area contributed by atoms with Gasteiger partial charge in [0.15, 0.2) is 0 Å². The van der Waals surface area contributed by atoms with Crippen LogP contribution in [0.3, 0.4) is 0 Å². The van der Waals surface area contributed by atoms with Crippen LogP contribution in [0.2, 0.25) is 0 Å². The molecule has 0 saturated heterocycles. The maximum Gasteiger partial charge on any atom is 0.352 e. The predicted molar refractivity (Wildman–Crippen MR) is 122 cm³/mol. The number of esters is 1. The molecule has 0 radical (unpaired) electrons. The van der Waals surface area contributed by atoms with Crippen molar-refractivity contribution < 1.29 is 19.1 Å². The minimum atomic E-state index is -0.625. The van der Waals surface area contributed by atoms with Crippen molar-refractivity contribution in [2.45, 2.75) is 25.7 Å². The lowest BCUT2D eigenvalue weighted by atomic mass is 10.1. The van der Waals surface area contributed by atoms with Crippen molar-refractivity contribution in [2.75, 3.05) is 21.2 Å². The molecular formula is C25H28N2O4. The van der Waals surface area contributed by atoms with Gasteiger partial charge in [-0.15, -0.1) is 0 Å². The summed E-state index contributed by atoms with van der Waals surface area (Å²) in [5, 5.41) is 0. The Bertz CT molecular complexity index is 962. The van der Waals surface area contributed by atoms with Crippen molar-refractivity contribution >= 4 is 29.6 Å². The number of allylic oxidation sites excluding steroid dienone is 1. The first-order chi connectivity index (χ1) is 14.9. The Labute approximate surface area is 183 Å². The Kier molecular flexibility index (Phi) is 9.36.